The second-order valence-corrected chi connectivity index (χ2v) is 3.40. The lowest BCUT2D eigenvalue weighted by Gasteiger charge is -2.07. The summed E-state index contributed by atoms with van der Waals surface area (Å²) in [4.78, 5) is 11.7. The average Bonchev–Trinajstić information content (AvgIpc) is 2.27. The summed E-state index contributed by atoms with van der Waals surface area (Å²) in [5.74, 6) is -0.473. The van der Waals surface area contributed by atoms with Crippen LogP contribution in [0.2, 0.25) is 0 Å². The maximum atomic E-state index is 11.3. The first-order valence-corrected chi connectivity index (χ1v) is 4.93. The third-order valence-corrected chi connectivity index (χ3v) is 2.63. The van der Waals surface area contributed by atoms with Gasteiger partial charge in [0.15, 0.2) is 0 Å². The fraction of sp³-hybridized carbons (Fsp3) is 0.273. The third-order valence-electron chi connectivity index (χ3n) is 2.16. The summed E-state index contributed by atoms with van der Waals surface area (Å²) in [6, 6.07) is 5.44. The fourth-order valence-electron chi connectivity index (χ4n) is 1.33. The van der Waals surface area contributed by atoms with Crippen molar-refractivity contribution >= 4 is 18.6 Å². The molecule has 0 heterocycles. The Morgan fingerprint density at radius 2 is 2.27 bits per heavy atom. The Bertz CT molecular complexity index is 435. The molecule has 78 valence electrons. The number of nitriles is 1. The highest BCUT2D eigenvalue weighted by atomic mass is 32.1. The van der Waals surface area contributed by atoms with Crippen LogP contribution in [-0.4, -0.2) is 13.1 Å². The van der Waals surface area contributed by atoms with E-state index in [1.54, 1.807) is 12.1 Å². The molecule has 0 aliphatic rings. The summed E-state index contributed by atoms with van der Waals surface area (Å²) in [7, 11) is 1.30. The molecule has 0 saturated heterocycles. The van der Waals surface area contributed by atoms with E-state index in [2.05, 4.69) is 17.4 Å². The predicted molar refractivity (Wildman–Crippen MR) is 59.1 cm³/mol. The molecule has 0 unspecified atom stereocenters. The molecule has 3 nitrogen and oxygen atoms in total. The number of aryl methyl sites for hydroxylation is 1. The van der Waals surface area contributed by atoms with Crippen molar-refractivity contribution in [2.45, 2.75) is 18.2 Å². The van der Waals surface area contributed by atoms with Gasteiger partial charge in [0.1, 0.15) is 6.07 Å². The van der Waals surface area contributed by atoms with Crippen LogP contribution in [0.3, 0.4) is 0 Å². The molecule has 0 aliphatic carbocycles. The molecule has 0 spiro atoms. The molecular weight excluding hydrogens is 210 g/mol. The van der Waals surface area contributed by atoms with Crippen molar-refractivity contribution in [1.29, 1.82) is 5.26 Å². The van der Waals surface area contributed by atoms with Crippen molar-refractivity contribution in [3.8, 4) is 6.07 Å². The van der Waals surface area contributed by atoms with Crippen molar-refractivity contribution in [3.63, 3.8) is 0 Å². The highest BCUT2D eigenvalue weighted by Gasteiger charge is 2.15. The summed E-state index contributed by atoms with van der Waals surface area (Å²) in [5, 5.41) is 8.96. The van der Waals surface area contributed by atoms with Gasteiger partial charge in [-0.15, -0.1) is 12.6 Å². The van der Waals surface area contributed by atoms with Crippen LogP contribution in [0.5, 0.6) is 0 Å². The zero-order valence-corrected chi connectivity index (χ0v) is 9.47. The number of benzene rings is 1. The Morgan fingerprint density at radius 3 is 2.73 bits per heavy atom. The largest absolute Gasteiger partial charge is 0.465 e. The first-order valence-electron chi connectivity index (χ1n) is 4.49. The van der Waals surface area contributed by atoms with Crippen molar-refractivity contribution in [2.24, 2.45) is 0 Å². The first-order chi connectivity index (χ1) is 7.15. The second kappa shape index (κ2) is 4.85. The molecule has 0 N–H and O–H groups in total. The van der Waals surface area contributed by atoms with E-state index < -0.39 is 5.97 Å². The SMILES string of the molecule is CCc1ccc(C(=O)OC)c(S)c1C#N. The number of ether oxygens (including phenoxy) is 1. The molecule has 0 fully saturated rings. The van der Waals surface area contributed by atoms with E-state index in [1.165, 1.54) is 7.11 Å². The molecule has 1 aromatic carbocycles. The Labute approximate surface area is 94.1 Å². The molecule has 0 aromatic heterocycles. The van der Waals surface area contributed by atoms with Crippen LogP contribution in [0.25, 0.3) is 0 Å². The van der Waals surface area contributed by atoms with Crippen LogP contribution < -0.4 is 0 Å². The lowest BCUT2D eigenvalue weighted by atomic mass is 10.0. The lowest BCUT2D eigenvalue weighted by molar-refractivity contribution is 0.0597. The highest BCUT2D eigenvalue weighted by Crippen LogP contribution is 2.23. The number of rotatable bonds is 2. The van der Waals surface area contributed by atoms with Crippen molar-refractivity contribution in [1.82, 2.24) is 0 Å². The number of methoxy groups -OCH3 is 1. The molecule has 0 amide bonds. The Morgan fingerprint density at radius 1 is 1.60 bits per heavy atom. The van der Waals surface area contributed by atoms with Crippen LogP contribution in [0.15, 0.2) is 17.0 Å². The fourth-order valence-corrected chi connectivity index (χ4v) is 1.69. The van der Waals surface area contributed by atoms with Gasteiger partial charge in [-0.1, -0.05) is 13.0 Å². The van der Waals surface area contributed by atoms with E-state index in [0.29, 0.717) is 16.0 Å². The zero-order chi connectivity index (χ0) is 11.4. The van der Waals surface area contributed by atoms with Crippen LogP contribution in [0.1, 0.15) is 28.4 Å². The minimum Gasteiger partial charge on any atom is -0.465 e. The van der Waals surface area contributed by atoms with E-state index in [0.717, 1.165) is 12.0 Å². The summed E-state index contributed by atoms with van der Waals surface area (Å²) in [6.07, 6.45) is 0.734. The number of esters is 1. The molecule has 0 atom stereocenters. The number of carbonyl (C=O) groups excluding carboxylic acids is 1. The van der Waals surface area contributed by atoms with E-state index in [1.807, 2.05) is 13.0 Å². The Kier molecular flexibility index (Phi) is 3.75. The molecule has 1 rings (SSSR count). The Hall–Kier alpha value is -1.47. The smallest absolute Gasteiger partial charge is 0.339 e. The van der Waals surface area contributed by atoms with Gasteiger partial charge in [0.05, 0.1) is 18.2 Å². The van der Waals surface area contributed by atoms with Crippen LogP contribution in [0, 0.1) is 11.3 Å². The van der Waals surface area contributed by atoms with Gasteiger partial charge in [0.2, 0.25) is 0 Å². The first kappa shape index (κ1) is 11.6. The predicted octanol–water partition coefficient (Wildman–Crippen LogP) is 2.20. The Balaban J connectivity index is 3.37. The van der Waals surface area contributed by atoms with Crippen LogP contribution >= 0.6 is 12.6 Å². The summed E-state index contributed by atoms with van der Waals surface area (Å²) >= 11 is 4.19. The van der Waals surface area contributed by atoms with Gasteiger partial charge < -0.3 is 4.74 Å². The molecule has 0 bridgehead atoms. The number of hydrogen-bond acceptors (Lipinski definition) is 4. The van der Waals surface area contributed by atoms with Crippen LogP contribution in [-0.2, 0) is 11.2 Å². The molecule has 0 aliphatic heterocycles. The third kappa shape index (κ3) is 2.13. The van der Waals surface area contributed by atoms with Gasteiger partial charge >= 0.3 is 5.97 Å². The van der Waals surface area contributed by atoms with Crippen molar-refractivity contribution < 1.29 is 9.53 Å². The summed E-state index contributed by atoms with van der Waals surface area (Å²) < 4.78 is 4.59. The quantitative estimate of drug-likeness (QED) is 0.615. The number of thiol groups is 1. The average molecular weight is 221 g/mol. The normalized spacial score (nSPS) is 9.47. The number of nitrogens with zero attached hydrogens (tertiary/aromatic N) is 1. The van der Waals surface area contributed by atoms with Gasteiger partial charge in [0.25, 0.3) is 0 Å². The number of carbonyl (C=O) groups is 1. The highest BCUT2D eigenvalue weighted by molar-refractivity contribution is 7.80. The van der Waals surface area contributed by atoms with Gasteiger partial charge in [0, 0.05) is 4.90 Å². The van der Waals surface area contributed by atoms with Gasteiger partial charge in [-0.25, -0.2) is 4.79 Å². The molecule has 0 saturated carbocycles. The maximum Gasteiger partial charge on any atom is 0.339 e. The van der Waals surface area contributed by atoms with Gasteiger partial charge in [-0.3, -0.25) is 0 Å². The van der Waals surface area contributed by atoms with Crippen molar-refractivity contribution in [3.05, 3.63) is 28.8 Å². The van der Waals surface area contributed by atoms with Crippen LogP contribution in [0.4, 0.5) is 0 Å². The summed E-state index contributed by atoms with van der Waals surface area (Å²) in [5.41, 5.74) is 1.66. The second-order valence-electron chi connectivity index (χ2n) is 2.95. The molecule has 4 heteroatoms. The van der Waals surface area contributed by atoms with Gasteiger partial charge in [-0.2, -0.15) is 5.26 Å². The van der Waals surface area contributed by atoms with E-state index >= 15 is 0 Å². The minimum atomic E-state index is -0.473. The number of hydrogen-bond donors (Lipinski definition) is 1. The standard InChI is InChI=1S/C11H11NO2S/c1-3-7-4-5-8(11(13)14-2)10(15)9(7)6-12/h4-5,15H,3H2,1-2H3. The minimum absolute atomic E-state index is 0.328. The molecule has 0 radical (unpaired) electrons. The topological polar surface area (TPSA) is 50.1 Å². The molecule has 1 aromatic rings. The monoisotopic (exact) mass is 221 g/mol. The zero-order valence-electron chi connectivity index (χ0n) is 8.57. The molecule has 15 heavy (non-hydrogen) atoms. The van der Waals surface area contributed by atoms with E-state index in [4.69, 9.17) is 5.26 Å². The molecular formula is C11H11NO2S. The lowest BCUT2D eigenvalue weighted by Crippen LogP contribution is -2.05. The maximum absolute atomic E-state index is 11.3. The van der Waals surface area contributed by atoms with E-state index in [-0.39, 0.29) is 0 Å². The van der Waals surface area contributed by atoms with Crippen molar-refractivity contribution in [2.75, 3.05) is 7.11 Å². The van der Waals surface area contributed by atoms with Gasteiger partial charge in [-0.05, 0) is 18.1 Å². The van der Waals surface area contributed by atoms with E-state index in [9.17, 15) is 4.79 Å². The summed E-state index contributed by atoms with van der Waals surface area (Å²) in [6.45, 7) is 1.95.